The molecule has 1 aliphatic carbocycles. The van der Waals surface area contributed by atoms with Crippen molar-refractivity contribution in [1.82, 2.24) is 61.3 Å². The molecule has 33 heteroatoms. The lowest BCUT2D eigenvalue weighted by molar-refractivity contribution is -0.138. The van der Waals surface area contributed by atoms with Gasteiger partial charge in [0.05, 0.1) is 54.9 Å². The summed E-state index contributed by atoms with van der Waals surface area (Å²) in [4.78, 5) is 157. The smallest absolute Gasteiger partial charge is 0.407 e. The number of likely N-dealkylation sites (tertiary alicyclic amines) is 6. The van der Waals surface area contributed by atoms with E-state index in [9.17, 15) is 57.5 Å². The lowest BCUT2D eigenvalue weighted by Gasteiger charge is -2.36. The summed E-state index contributed by atoms with van der Waals surface area (Å²) in [5.74, 6) is 2.91. The van der Waals surface area contributed by atoms with Crippen LogP contribution in [-0.2, 0) is 71.4 Å². The molecule has 12 amide bonds. The molecule has 8 aliphatic rings. The van der Waals surface area contributed by atoms with Crippen LogP contribution in [0.25, 0.3) is 0 Å². The first-order chi connectivity index (χ1) is 58.0. The van der Waals surface area contributed by atoms with Gasteiger partial charge in [-0.2, -0.15) is 0 Å². The molecule has 0 aromatic heterocycles. The lowest BCUT2D eigenvalue weighted by atomic mass is 9.83. The summed E-state index contributed by atoms with van der Waals surface area (Å²) in [5, 5.41) is 16.1. The topological polar surface area (TPSA) is 380 Å². The zero-order valence-electron chi connectivity index (χ0n) is 80.1. The van der Waals surface area contributed by atoms with Crippen molar-refractivity contribution >= 4 is 72.0 Å². The molecule has 0 spiro atoms. The van der Waals surface area contributed by atoms with Crippen LogP contribution in [0.15, 0.2) is 0 Å². The van der Waals surface area contributed by atoms with Crippen LogP contribution in [0.2, 0.25) is 0 Å². The van der Waals surface area contributed by atoms with E-state index in [0.29, 0.717) is 54.8 Å². The normalized spacial score (nSPS) is 22.4. The Kier molecular flexibility index (Phi) is 49.0. The van der Waals surface area contributed by atoms with Crippen LogP contribution in [-0.4, -0.2) is 295 Å². The summed E-state index contributed by atoms with van der Waals surface area (Å²) < 4.78 is 43.7. The van der Waals surface area contributed by atoms with E-state index in [4.69, 9.17) is 23.7 Å². The largest absolute Gasteiger partial charge is 0.453 e. The number of ether oxygens (including phenoxy) is 9. The third-order valence-electron chi connectivity index (χ3n) is 25.5. The van der Waals surface area contributed by atoms with E-state index in [1.165, 1.54) is 63.3 Å². The van der Waals surface area contributed by atoms with E-state index in [2.05, 4.69) is 134 Å². The van der Waals surface area contributed by atoms with Gasteiger partial charge in [0.25, 0.3) is 0 Å². The maximum absolute atomic E-state index is 13.1. The van der Waals surface area contributed by atoms with Crippen LogP contribution in [0.3, 0.4) is 0 Å². The molecule has 8 fully saturated rings. The van der Waals surface area contributed by atoms with E-state index < -0.39 is 85.0 Å². The van der Waals surface area contributed by atoms with E-state index in [1.807, 2.05) is 64.0 Å². The fraction of sp³-hybridized carbons (Fsp3) is 0.867. The highest BCUT2D eigenvalue weighted by Crippen LogP contribution is 2.35. The average Bonchev–Trinajstić information content (AvgIpc) is 1.97. The number of methoxy groups -OCH3 is 8. The number of alkyl carbamates (subject to hydrolysis) is 6. The van der Waals surface area contributed by atoms with Crippen LogP contribution in [0, 0.1) is 58.7 Å². The first kappa shape index (κ1) is 109. The van der Waals surface area contributed by atoms with Crippen molar-refractivity contribution in [3.05, 3.63) is 0 Å². The molecule has 7 saturated heterocycles. The van der Waals surface area contributed by atoms with Gasteiger partial charge in [0.1, 0.15) is 36.3 Å². The first-order valence-electron chi connectivity index (χ1n) is 45.5. The number of nitrogens with zero attached hydrogens (tertiary/aromatic N) is 6. The Labute approximate surface area is 736 Å². The number of carbonyl (C=O) groups is 12. The quantitative estimate of drug-likeness (QED) is 0.0462. The molecule has 0 radical (unpaired) electrons. The van der Waals surface area contributed by atoms with Gasteiger partial charge in [-0.1, -0.05) is 137 Å². The highest BCUT2D eigenvalue weighted by Gasteiger charge is 2.46. The molecule has 0 aromatic rings. The van der Waals surface area contributed by atoms with Gasteiger partial charge in [-0.25, -0.2) is 28.8 Å². The molecule has 7 aliphatic heterocycles. The first-order valence-corrected chi connectivity index (χ1v) is 45.5. The maximum Gasteiger partial charge on any atom is 0.407 e. The lowest BCUT2D eigenvalue weighted by Crippen LogP contribution is -2.56. The average molecular weight is 1750 g/mol. The third-order valence-corrected chi connectivity index (χ3v) is 25.5. The second kappa shape index (κ2) is 55.0. The SMILES string of the molecule is COC(=O)N[C@H](C(=O)N1CCC[C@H]1C(C)C)C(C)(C)C.COC(=O)N[C@H](C(=O)N1CCC[C@H]1C(C)C)C(C)C.COC(=O)N[C@H](C(=O)N1CCC[C@H]1C(C)C)C1CCCCC1.COC(=O)N[C@H](C(=O)N1CCC[C@H]1C(C)C)C1CCOCC1.COC(=O)N[C@H](C(=O)N1CCC[C@H]1C(C)C)[C@@H](C)OC.COC(=O)N[C@H](C(=O)N1CCC[C@H]1C(C)C)[C@H](C)OC. The van der Waals surface area contributed by atoms with Crippen molar-refractivity contribution in [1.29, 1.82) is 0 Å². The second-order valence-electron chi connectivity index (χ2n) is 37.4. The summed E-state index contributed by atoms with van der Waals surface area (Å²) in [5.41, 5.74) is -0.352. The highest BCUT2D eigenvalue weighted by molar-refractivity contribution is 5.90. The zero-order valence-corrected chi connectivity index (χ0v) is 80.1. The molecule has 710 valence electrons. The maximum atomic E-state index is 13.1. The Morgan fingerprint density at radius 1 is 0.285 bits per heavy atom. The van der Waals surface area contributed by atoms with Crippen LogP contribution >= 0.6 is 0 Å². The van der Waals surface area contributed by atoms with Gasteiger partial charge < -0.3 is 104 Å². The number of nitrogens with one attached hydrogen (secondary N) is 6. The Bertz CT molecular complexity index is 3100. The van der Waals surface area contributed by atoms with Gasteiger partial charge in [-0.15, -0.1) is 0 Å². The minimum Gasteiger partial charge on any atom is -0.453 e. The van der Waals surface area contributed by atoms with Gasteiger partial charge in [0.2, 0.25) is 35.4 Å². The minimum atomic E-state index is -0.716. The Morgan fingerprint density at radius 2 is 0.520 bits per heavy atom. The van der Waals surface area contributed by atoms with E-state index in [0.717, 1.165) is 155 Å². The predicted molar refractivity (Wildman–Crippen MR) is 471 cm³/mol. The molecule has 123 heavy (non-hydrogen) atoms. The molecule has 8 rings (SSSR count). The van der Waals surface area contributed by atoms with E-state index >= 15 is 0 Å². The van der Waals surface area contributed by atoms with Gasteiger partial charge in [-0.05, 0) is 175 Å². The van der Waals surface area contributed by atoms with Crippen molar-refractivity contribution < 1.29 is 100 Å². The minimum absolute atomic E-state index is 0.000833. The van der Waals surface area contributed by atoms with Gasteiger partial charge in [0, 0.05) is 103 Å². The van der Waals surface area contributed by atoms with Crippen LogP contribution in [0.5, 0.6) is 0 Å². The van der Waals surface area contributed by atoms with E-state index in [1.54, 1.807) is 13.8 Å². The van der Waals surface area contributed by atoms with Crippen molar-refractivity contribution in [2.75, 3.05) is 109 Å². The monoisotopic (exact) mass is 1750 g/mol. The zero-order chi connectivity index (χ0) is 92.9. The molecule has 1 saturated carbocycles. The van der Waals surface area contributed by atoms with Gasteiger partial charge in [0.15, 0.2) is 0 Å². The molecule has 7 heterocycles. The van der Waals surface area contributed by atoms with Crippen molar-refractivity contribution in [2.45, 2.75) is 338 Å². The van der Waals surface area contributed by atoms with Crippen molar-refractivity contribution in [2.24, 2.45) is 58.7 Å². The number of carbonyl (C=O) groups excluding carboxylic acids is 12. The van der Waals surface area contributed by atoms with Gasteiger partial charge >= 0.3 is 36.6 Å². The summed E-state index contributed by atoms with van der Waals surface area (Å²) in [6.45, 7) is 44.7. The second-order valence-corrected chi connectivity index (χ2v) is 37.4. The highest BCUT2D eigenvalue weighted by atomic mass is 16.6. The summed E-state index contributed by atoms with van der Waals surface area (Å²) >= 11 is 0. The Hall–Kier alpha value is -7.68. The third kappa shape index (κ3) is 33.9. The molecule has 0 bridgehead atoms. The number of amides is 12. The molecule has 14 atom stereocenters. The standard InChI is InChI=1S/C17H30N2O3.C16H28N2O4.C15H28N2O3.2C14H26N2O4.C14H26N2O3/c1-12(2)14-10-7-11-19(14)16(20)15(18-17(21)22-3)13-8-5-4-6-9-13;1-11(2)13-5-4-8-18(13)15(19)14(17-16(20)21-3)12-6-9-22-10-7-12;1-10(2)11-8-7-9-17(11)13(18)12(15(3,4)5)16-14(19)20-6;2*1-9(2)11-7-6-8-16(11)13(17)12(10(3)19-4)15-14(18)20-5;1-9(2)11-7-6-8-16(11)13(17)12(10(3)4)15-14(18)19-5/h12-15H,4-11H2,1-3H3,(H,18,21);11-14H,4-10H2,1-3H3,(H,17,20);10-12H,7-9H2,1-6H3,(H,16,19);2*9-12H,6-8H2,1-5H3,(H,15,18);9-12H,6-8H2,1-5H3,(H,15,18)/t14-,15-;13-,14-;11-,12+;10-,11+,12+;10-,11-,12-;11-,12-/m000100/s1. The van der Waals surface area contributed by atoms with Crippen LogP contribution in [0.4, 0.5) is 28.8 Å². The predicted octanol–water partition coefficient (Wildman–Crippen LogP) is 11.9. The number of hydrogen-bond donors (Lipinski definition) is 6. The molecule has 33 nitrogen and oxygen atoms in total. The summed E-state index contributed by atoms with van der Waals surface area (Å²) in [7, 11) is 10.9. The fourth-order valence-electron chi connectivity index (χ4n) is 18.2. The molecule has 0 aromatic carbocycles. The van der Waals surface area contributed by atoms with Crippen molar-refractivity contribution in [3.8, 4) is 0 Å². The fourth-order valence-corrected chi connectivity index (χ4v) is 18.2. The molecule has 6 N–H and O–H groups in total. The van der Waals surface area contributed by atoms with Crippen LogP contribution < -0.4 is 31.9 Å². The molecular formula is C90H164N12O21. The number of hydrogen-bond acceptors (Lipinski definition) is 21. The summed E-state index contributed by atoms with van der Waals surface area (Å²) in [6.07, 6.45) is 15.3. The van der Waals surface area contributed by atoms with Crippen LogP contribution in [0.1, 0.15) is 254 Å². The summed E-state index contributed by atoms with van der Waals surface area (Å²) in [6, 6.07) is -1.84. The van der Waals surface area contributed by atoms with E-state index in [-0.39, 0.29) is 88.8 Å². The number of rotatable bonds is 25. The Morgan fingerprint density at radius 3 is 0.772 bits per heavy atom. The van der Waals surface area contributed by atoms with Gasteiger partial charge in [-0.3, -0.25) is 28.8 Å². The Balaban J connectivity index is 0.000000381. The molecular weight excluding hydrogens is 1590 g/mol. The van der Waals surface area contributed by atoms with Crippen molar-refractivity contribution in [3.63, 3.8) is 0 Å². The molecule has 0 unspecified atom stereocenters.